The van der Waals surface area contributed by atoms with Crippen LogP contribution in [0, 0.1) is 6.92 Å². The van der Waals surface area contributed by atoms with Crippen LogP contribution in [-0.2, 0) is 13.6 Å². The van der Waals surface area contributed by atoms with Crippen LogP contribution >= 0.6 is 0 Å². The molecule has 2 atom stereocenters. The van der Waals surface area contributed by atoms with Gasteiger partial charge >= 0.3 is 0 Å². The molecule has 6 heteroatoms. The first-order valence-corrected chi connectivity index (χ1v) is 7.68. The van der Waals surface area contributed by atoms with Gasteiger partial charge in [-0.3, -0.25) is 4.68 Å². The van der Waals surface area contributed by atoms with E-state index in [-0.39, 0.29) is 0 Å². The van der Waals surface area contributed by atoms with Gasteiger partial charge in [-0.25, -0.2) is 0 Å². The van der Waals surface area contributed by atoms with Gasteiger partial charge in [-0.1, -0.05) is 0 Å². The first-order valence-electron chi connectivity index (χ1n) is 7.68. The fourth-order valence-corrected chi connectivity index (χ4v) is 2.53. The number of hydrogen-bond acceptors (Lipinski definition) is 4. The molecule has 0 aromatic carbocycles. The molecule has 2 heterocycles. The molecular weight excluding hydrogens is 264 g/mol. The topological polar surface area (TPSA) is 60.6 Å². The average molecular weight is 288 g/mol. The second-order valence-corrected chi connectivity index (χ2v) is 6.22. The molecule has 0 aliphatic heterocycles. The van der Waals surface area contributed by atoms with Crippen LogP contribution < -0.4 is 5.32 Å². The third-order valence-electron chi connectivity index (χ3n) is 4.39. The van der Waals surface area contributed by atoms with Crippen molar-refractivity contribution in [3.63, 3.8) is 0 Å². The highest BCUT2D eigenvalue weighted by molar-refractivity contribution is 5.07. The van der Waals surface area contributed by atoms with Gasteiger partial charge in [0.25, 0.3) is 0 Å². The van der Waals surface area contributed by atoms with E-state index in [1.165, 1.54) is 18.4 Å². The van der Waals surface area contributed by atoms with Crippen LogP contribution in [0.15, 0.2) is 12.4 Å². The summed E-state index contributed by atoms with van der Waals surface area (Å²) in [6.07, 6.45) is 6.49. The van der Waals surface area contributed by atoms with Crippen molar-refractivity contribution in [2.24, 2.45) is 7.05 Å². The maximum atomic E-state index is 4.39. The molecule has 21 heavy (non-hydrogen) atoms. The van der Waals surface area contributed by atoms with Crippen LogP contribution in [0.5, 0.6) is 0 Å². The van der Waals surface area contributed by atoms with E-state index in [1.54, 1.807) is 0 Å². The van der Waals surface area contributed by atoms with E-state index in [0.29, 0.717) is 18.0 Å². The molecule has 114 valence electrons. The Kier molecular flexibility index (Phi) is 3.80. The predicted molar refractivity (Wildman–Crippen MR) is 81.0 cm³/mol. The minimum Gasteiger partial charge on any atom is -0.317 e. The van der Waals surface area contributed by atoms with Gasteiger partial charge in [0.1, 0.15) is 11.6 Å². The van der Waals surface area contributed by atoms with E-state index in [1.807, 2.05) is 10.9 Å². The highest BCUT2D eigenvalue weighted by Crippen LogP contribution is 2.38. The van der Waals surface area contributed by atoms with Crippen LogP contribution in [0.4, 0.5) is 0 Å². The van der Waals surface area contributed by atoms with Crippen LogP contribution in [0.25, 0.3) is 0 Å². The summed E-state index contributed by atoms with van der Waals surface area (Å²) in [5, 5.41) is 16.6. The largest absolute Gasteiger partial charge is 0.317 e. The lowest BCUT2D eigenvalue weighted by Gasteiger charge is -2.21. The summed E-state index contributed by atoms with van der Waals surface area (Å²) in [5.41, 5.74) is 1.19. The van der Waals surface area contributed by atoms with Crippen molar-refractivity contribution in [3.8, 4) is 0 Å². The van der Waals surface area contributed by atoms with Gasteiger partial charge in [-0.2, -0.15) is 5.10 Å². The first kappa shape index (κ1) is 14.3. The van der Waals surface area contributed by atoms with Gasteiger partial charge in [0.15, 0.2) is 0 Å². The van der Waals surface area contributed by atoms with E-state index in [9.17, 15) is 0 Å². The lowest BCUT2D eigenvalue weighted by Crippen LogP contribution is -2.34. The van der Waals surface area contributed by atoms with Crippen molar-refractivity contribution in [1.82, 2.24) is 29.9 Å². The number of aryl methyl sites for hydroxylation is 1. The molecule has 1 fully saturated rings. The molecule has 0 amide bonds. The summed E-state index contributed by atoms with van der Waals surface area (Å²) in [4.78, 5) is 0. The number of hydrogen-bond donors (Lipinski definition) is 1. The lowest BCUT2D eigenvalue weighted by atomic mass is 10.2. The Morgan fingerprint density at radius 2 is 2.10 bits per heavy atom. The number of nitrogens with one attached hydrogen (secondary N) is 1. The first-order chi connectivity index (χ1) is 10.1. The normalized spacial score (nSPS) is 17.9. The summed E-state index contributed by atoms with van der Waals surface area (Å²) < 4.78 is 4.15. The van der Waals surface area contributed by atoms with E-state index in [2.05, 4.69) is 59.2 Å². The Balaban J connectivity index is 1.59. The zero-order valence-corrected chi connectivity index (χ0v) is 13.2. The third-order valence-corrected chi connectivity index (χ3v) is 4.39. The number of nitrogens with zero attached hydrogens (tertiary/aromatic N) is 5. The van der Waals surface area contributed by atoms with Crippen LogP contribution in [0.3, 0.4) is 0 Å². The number of rotatable bonds is 6. The molecule has 2 aromatic rings. The van der Waals surface area contributed by atoms with Gasteiger partial charge in [0.2, 0.25) is 0 Å². The smallest absolute Gasteiger partial charge is 0.146 e. The van der Waals surface area contributed by atoms with E-state index in [4.69, 9.17) is 0 Å². The van der Waals surface area contributed by atoms with Crippen molar-refractivity contribution < 1.29 is 0 Å². The summed E-state index contributed by atoms with van der Waals surface area (Å²) >= 11 is 0. The quantitative estimate of drug-likeness (QED) is 0.882. The standard InChI is InChI=1S/C15H24N6/c1-10-7-17-21(9-10)12(3)11(2)16-8-14-18-19-15(20(14)4)13-5-6-13/h7,9,11-13,16H,5-6,8H2,1-4H3/t11-,12+/m1/s1. The van der Waals surface area contributed by atoms with E-state index < -0.39 is 0 Å². The van der Waals surface area contributed by atoms with Crippen LogP contribution in [0.1, 0.15) is 55.9 Å². The van der Waals surface area contributed by atoms with Crippen molar-refractivity contribution in [1.29, 1.82) is 0 Å². The Morgan fingerprint density at radius 3 is 2.71 bits per heavy atom. The van der Waals surface area contributed by atoms with Crippen LogP contribution in [0.2, 0.25) is 0 Å². The number of aromatic nitrogens is 5. The Hall–Kier alpha value is -1.69. The average Bonchev–Trinajstić information content (AvgIpc) is 3.11. The second kappa shape index (κ2) is 5.60. The van der Waals surface area contributed by atoms with Crippen molar-refractivity contribution in [2.75, 3.05) is 0 Å². The molecule has 1 N–H and O–H groups in total. The highest BCUT2D eigenvalue weighted by Gasteiger charge is 2.29. The van der Waals surface area contributed by atoms with E-state index >= 15 is 0 Å². The lowest BCUT2D eigenvalue weighted by molar-refractivity contribution is 0.360. The zero-order valence-electron chi connectivity index (χ0n) is 13.2. The van der Waals surface area contributed by atoms with Gasteiger partial charge < -0.3 is 9.88 Å². The molecule has 1 aliphatic rings. The van der Waals surface area contributed by atoms with Gasteiger partial charge in [0.05, 0.1) is 18.8 Å². The Bertz CT molecular complexity index is 609. The molecule has 1 aliphatic carbocycles. The molecule has 0 spiro atoms. The van der Waals surface area contributed by atoms with Crippen molar-refractivity contribution in [2.45, 2.75) is 58.2 Å². The molecule has 0 bridgehead atoms. The summed E-state index contributed by atoms with van der Waals surface area (Å²) in [5.74, 6) is 2.78. The fraction of sp³-hybridized carbons (Fsp3) is 0.667. The maximum absolute atomic E-state index is 4.39. The Morgan fingerprint density at radius 1 is 1.33 bits per heavy atom. The molecular formula is C15H24N6. The minimum absolute atomic E-state index is 0.301. The molecule has 0 radical (unpaired) electrons. The highest BCUT2D eigenvalue weighted by atomic mass is 15.3. The fourth-order valence-electron chi connectivity index (χ4n) is 2.53. The summed E-state index contributed by atoms with van der Waals surface area (Å²) in [7, 11) is 2.07. The Labute approximate surface area is 125 Å². The van der Waals surface area contributed by atoms with Crippen molar-refractivity contribution in [3.05, 3.63) is 29.6 Å². The van der Waals surface area contributed by atoms with Gasteiger partial charge in [-0.05, 0) is 39.2 Å². The summed E-state index contributed by atoms with van der Waals surface area (Å²) in [6, 6.07) is 0.611. The molecule has 1 saturated carbocycles. The predicted octanol–water partition coefficient (Wildman–Crippen LogP) is 1.94. The molecule has 2 aromatic heterocycles. The van der Waals surface area contributed by atoms with Crippen LogP contribution in [-0.4, -0.2) is 30.6 Å². The zero-order chi connectivity index (χ0) is 15.0. The van der Waals surface area contributed by atoms with E-state index in [0.717, 1.165) is 18.2 Å². The molecule has 6 nitrogen and oxygen atoms in total. The molecule has 0 unspecified atom stereocenters. The monoisotopic (exact) mass is 288 g/mol. The van der Waals surface area contributed by atoms with Crippen molar-refractivity contribution >= 4 is 0 Å². The third kappa shape index (κ3) is 3.00. The molecule has 0 saturated heterocycles. The second-order valence-electron chi connectivity index (χ2n) is 6.22. The molecule has 3 rings (SSSR count). The summed E-state index contributed by atoms with van der Waals surface area (Å²) in [6.45, 7) is 7.16. The SMILES string of the molecule is Cc1cnn([C@@H](C)[C@@H](C)NCc2nnc(C3CC3)n2C)c1. The van der Waals surface area contributed by atoms with Gasteiger partial charge in [-0.15, -0.1) is 10.2 Å². The minimum atomic E-state index is 0.301. The maximum Gasteiger partial charge on any atom is 0.146 e. The van der Waals surface area contributed by atoms with Gasteiger partial charge in [0, 0.05) is 25.2 Å².